The van der Waals surface area contributed by atoms with E-state index in [0.29, 0.717) is 23.5 Å². The Morgan fingerprint density at radius 2 is 1.67 bits per heavy atom. The number of benzene rings is 2. The molecule has 156 valence electrons. The largest absolute Gasteiger partial charge is 0.336 e. The van der Waals surface area contributed by atoms with Crippen molar-refractivity contribution in [3.05, 3.63) is 77.6 Å². The third-order valence-electron chi connectivity index (χ3n) is 5.34. The summed E-state index contributed by atoms with van der Waals surface area (Å²) in [7, 11) is -3.58. The number of para-hydroxylation sites is 1. The maximum absolute atomic E-state index is 13.1. The van der Waals surface area contributed by atoms with Crippen LogP contribution in [0.3, 0.4) is 0 Å². The number of aromatic nitrogens is 2. The lowest BCUT2D eigenvalue weighted by Gasteiger charge is -2.34. The highest BCUT2D eigenvalue weighted by Crippen LogP contribution is 2.23. The van der Waals surface area contributed by atoms with Crippen LogP contribution in [0.1, 0.15) is 21.5 Å². The van der Waals surface area contributed by atoms with Crippen LogP contribution < -0.4 is 0 Å². The summed E-state index contributed by atoms with van der Waals surface area (Å²) in [5, 5.41) is 4.28. The van der Waals surface area contributed by atoms with Crippen LogP contribution in [0.5, 0.6) is 0 Å². The van der Waals surface area contributed by atoms with Gasteiger partial charge >= 0.3 is 0 Å². The first kappa shape index (κ1) is 20.3. The van der Waals surface area contributed by atoms with Gasteiger partial charge in [-0.05, 0) is 43.2 Å². The number of hydrogen-bond acceptors (Lipinski definition) is 4. The molecule has 1 amide bonds. The lowest BCUT2D eigenvalue weighted by Crippen LogP contribution is -2.50. The second-order valence-corrected chi connectivity index (χ2v) is 9.38. The predicted molar refractivity (Wildman–Crippen MR) is 114 cm³/mol. The van der Waals surface area contributed by atoms with Crippen molar-refractivity contribution in [3.8, 4) is 5.69 Å². The second-order valence-electron chi connectivity index (χ2n) is 7.47. The molecule has 0 radical (unpaired) electrons. The molecule has 7 nitrogen and oxygen atoms in total. The van der Waals surface area contributed by atoms with Gasteiger partial charge in [0.25, 0.3) is 5.91 Å². The molecule has 1 aromatic heterocycles. The summed E-state index contributed by atoms with van der Waals surface area (Å²) in [6, 6.07) is 15.0. The minimum Gasteiger partial charge on any atom is -0.336 e. The molecule has 0 N–H and O–H groups in total. The first-order valence-corrected chi connectivity index (χ1v) is 11.3. The van der Waals surface area contributed by atoms with Gasteiger partial charge in [-0.15, -0.1) is 0 Å². The fraction of sp³-hybridized carbons (Fsp3) is 0.273. The van der Waals surface area contributed by atoms with Crippen LogP contribution in [-0.4, -0.2) is 59.5 Å². The highest BCUT2D eigenvalue weighted by atomic mass is 32.2. The van der Waals surface area contributed by atoms with Gasteiger partial charge in [-0.3, -0.25) is 4.79 Å². The summed E-state index contributed by atoms with van der Waals surface area (Å²) in [6.07, 6.45) is 3.26. The van der Waals surface area contributed by atoms with Crippen LogP contribution in [0, 0.1) is 13.8 Å². The molecule has 30 heavy (non-hydrogen) atoms. The van der Waals surface area contributed by atoms with Gasteiger partial charge in [0, 0.05) is 32.4 Å². The minimum absolute atomic E-state index is 0.138. The normalized spacial score (nSPS) is 15.3. The number of carbonyl (C=O) groups excluding carboxylic acids is 1. The average Bonchev–Trinajstić information content (AvgIpc) is 3.26. The molecule has 0 aliphatic carbocycles. The summed E-state index contributed by atoms with van der Waals surface area (Å²) in [4.78, 5) is 14.9. The number of aryl methyl sites for hydroxylation is 2. The fourth-order valence-corrected chi connectivity index (χ4v) is 5.33. The summed E-state index contributed by atoms with van der Waals surface area (Å²) >= 11 is 0. The van der Waals surface area contributed by atoms with Gasteiger partial charge in [0.05, 0.1) is 22.3 Å². The first-order chi connectivity index (χ1) is 14.4. The Hall–Kier alpha value is -2.97. The van der Waals surface area contributed by atoms with Crippen LogP contribution in [-0.2, 0) is 10.0 Å². The third kappa shape index (κ3) is 3.88. The minimum atomic E-state index is -3.58. The standard InChI is InChI=1S/C22H24N4O3S/c1-17-8-9-18(2)21(14-17)30(28,29)25-12-10-24(11-13-25)22(27)19-15-23-26(16-19)20-6-4-3-5-7-20/h3-9,14-16H,10-13H2,1-2H3. The highest BCUT2D eigenvalue weighted by molar-refractivity contribution is 7.89. The van der Waals surface area contributed by atoms with Crippen molar-refractivity contribution in [2.45, 2.75) is 18.7 Å². The number of hydrogen-bond donors (Lipinski definition) is 0. The molecule has 0 saturated carbocycles. The van der Waals surface area contributed by atoms with Crippen molar-refractivity contribution >= 4 is 15.9 Å². The van der Waals surface area contributed by atoms with Crippen molar-refractivity contribution in [3.63, 3.8) is 0 Å². The molecule has 4 rings (SSSR count). The van der Waals surface area contributed by atoms with E-state index in [1.165, 1.54) is 4.31 Å². The second kappa shape index (κ2) is 8.04. The number of rotatable bonds is 4. The Balaban J connectivity index is 1.45. The van der Waals surface area contributed by atoms with Crippen LogP contribution in [0.4, 0.5) is 0 Å². The number of amides is 1. The lowest BCUT2D eigenvalue weighted by atomic mass is 10.2. The van der Waals surface area contributed by atoms with E-state index in [-0.39, 0.29) is 19.0 Å². The van der Waals surface area contributed by atoms with Gasteiger partial charge in [-0.25, -0.2) is 13.1 Å². The molecule has 1 fully saturated rings. The first-order valence-electron chi connectivity index (χ1n) is 9.83. The van der Waals surface area contributed by atoms with Gasteiger partial charge in [0.2, 0.25) is 10.0 Å². The Morgan fingerprint density at radius 1 is 0.967 bits per heavy atom. The van der Waals surface area contributed by atoms with Gasteiger partial charge < -0.3 is 4.90 Å². The zero-order valence-corrected chi connectivity index (χ0v) is 17.8. The van der Waals surface area contributed by atoms with E-state index in [2.05, 4.69) is 5.10 Å². The van der Waals surface area contributed by atoms with Gasteiger partial charge in [-0.1, -0.05) is 30.3 Å². The van der Waals surface area contributed by atoms with Crippen molar-refractivity contribution < 1.29 is 13.2 Å². The summed E-state index contributed by atoms with van der Waals surface area (Å²) in [5.74, 6) is -0.138. The van der Waals surface area contributed by atoms with Crippen molar-refractivity contribution in [2.24, 2.45) is 0 Å². The van der Waals surface area contributed by atoms with Crippen LogP contribution in [0.2, 0.25) is 0 Å². The van der Waals surface area contributed by atoms with Gasteiger partial charge in [0.1, 0.15) is 0 Å². The van der Waals surface area contributed by atoms with E-state index >= 15 is 0 Å². The molecule has 1 aliphatic heterocycles. The molecule has 0 atom stereocenters. The molecule has 2 heterocycles. The molecule has 0 spiro atoms. The molecule has 3 aromatic rings. The molecule has 0 unspecified atom stereocenters. The summed E-state index contributed by atoms with van der Waals surface area (Å²) in [5.41, 5.74) is 3.00. The van der Waals surface area contributed by atoms with Crippen molar-refractivity contribution in [1.29, 1.82) is 0 Å². The topological polar surface area (TPSA) is 75.5 Å². The summed E-state index contributed by atoms with van der Waals surface area (Å²) in [6.45, 7) is 4.92. The van der Waals surface area contributed by atoms with Gasteiger partial charge in [-0.2, -0.15) is 9.40 Å². The predicted octanol–water partition coefficient (Wildman–Crippen LogP) is 2.64. The van der Waals surface area contributed by atoms with E-state index in [9.17, 15) is 13.2 Å². The summed E-state index contributed by atoms with van der Waals surface area (Å²) < 4.78 is 29.3. The highest BCUT2D eigenvalue weighted by Gasteiger charge is 2.31. The molecule has 1 saturated heterocycles. The van der Waals surface area contributed by atoms with Crippen molar-refractivity contribution in [1.82, 2.24) is 19.0 Å². The Labute approximate surface area is 176 Å². The quantitative estimate of drug-likeness (QED) is 0.645. The molecule has 0 bridgehead atoms. The monoisotopic (exact) mass is 424 g/mol. The lowest BCUT2D eigenvalue weighted by molar-refractivity contribution is 0.0698. The average molecular weight is 425 g/mol. The van der Waals surface area contributed by atoms with Crippen molar-refractivity contribution in [2.75, 3.05) is 26.2 Å². The smallest absolute Gasteiger partial charge is 0.257 e. The van der Waals surface area contributed by atoms with Crippen LogP contribution >= 0.6 is 0 Å². The van der Waals surface area contributed by atoms with Gasteiger partial charge in [0.15, 0.2) is 0 Å². The van der Waals surface area contributed by atoms with E-state index in [1.807, 2.05) is 49.4 Å². The maximum atomic E-state index is 13.1. The number of nitrogens with zero attached hydrogens (tertiary/aromatic N) is 4. The number of sulfonamides is 1. The van der Waals surface area contributed by atoms with E-state index in [1.54, 1.807) is 35.0 Å². The maximum Gasteiger partial charge on any atom is 0.257 e. The molecule has 8 heteroatoms. The number of piperazine rings is 1. The zero-order chi connectivity index (χ0) is 21.3. The van der Waals surface area contributed by atoms with E-state index < -0.39 is 10.0 Å². The molecule has 1 aliphatic rings. The third-order valence-corrected chi connectivity index (χ3v) is 7.38. The van der Waals surface area contributed by atoms with E-state index in [0.717, 1.165) is 16.8 Å². The SMILES string of the molecule is Cc1ccc(C)c(S(=O)(=O)N2CCN(C(=O)c3cnn(-c4ccccc4)c3)CC2)c1. The molecular formula is C22H24N4O3S. The number of carbonyl (C=O) groups is 1. The van der Waals surface area contributed by atoms with Crippen LogP contribution in [0.15, 0.2) is 65.8 Å². The molecular weight excluding hydrogens is 400 g/mol. The Kier molecular flexibility index (Phi) is 5.44. The Morgan fingerprint density at radius 3 is 2.37 bits per heavy atom. The molecule has 2 aromatic carbocycles. The Bertz CT molecular complexity index is 1160. The fourth-order valence-electron chi connectivity index (χ4n) is 3.59. The van der Waals surface area contributed by atoms with Crippen LogP contribution in [0.25, 0.3) is 5.69 Å². The van der Waals surface area contributed by atoms with E-state index in [4.69, 9.17) is 0 Å². The zero-order valence-electron chi connectivity index (χ0n) is 17.0.